The lowest BCUT2D eigenvalue weighted by Crippen LogP contribution is -2.49. The van der Waals surface area contributed by atoms with E-state index in [1.807, 2.05) is 11.8 Å². The van der Waals surface area contributed by atoms with Crippen molar-refractivity contribution in [3.63, 3.8) is 0 Å². The molecule has 1 fully saturated rings. The zero-order valence-electron chi connectivity index (χ0n) is 21.0. The van der Waals surface area contributed by atoms with Crippen molar-refractivity contribution in [2.75, 3.05) is 31.1 Å². The SMILES string of the molecule is Cc1ccc(Cc2c(C)nc(C)nc2N2CCN(C(=O)CC(C)CC(C)(C)C)CC2)cc1. The van der Waals surface area contributed by atoms with Crippen molar-refractivity contribution in [2.45, 2.75) is 67.7 Å². The molecule has 2 heterocycles. The molecule has 1 aliphatic heterocycles. The summed E-state index contributed by atoms with van der Waals surface area (Å²) in [6.45, 7) is 18.2. The Morgan fingerprint density at radius 2 is 1.62 bits per heavy atom. The highest BCUT2D eigenvalue weighted by molar-refractivity contribution is 5.76. The molecule has 32 heavy (non-hydrogen) atoms. The number of nitrogens with zero attached hydrogens (tertiary/aromatic N) is 4. The zero-order chi connectivity index (χ0) is 23.5. The molecular weight excluding hydrogens is 396 g/mol. The predicted octanol–water partition coefficient (Wildman–Crippen LogP) is 5.10. The molecule has 0 aliphatic carbocycles. The van der Waals surface area contributed by atoms with Crippen molar-refractivity contribution in [1.82, 2.24) is 14.9 Å². The molecule has 1 aliphatic rings. The summed E-state index contributed by atoms with van der Waals surface area (Å²) >= 11 is 0. The molecule has 1 unspecified atom stereocenters. The van der Waals surface area contributed by atoms with Crippen LogP contribution in [0.4, 0.5) is 5.82 Å². The van der Waals surface area contributed by atoms with E-state index in [0.29, 0.717) is 12.3 Å². The molecule has 1 saturated heterocycles. The van der Waals surface area contributed by atoms with E-state index in [4.69, 9.17) is 4.98 Å². The van der Waals surface area contributed by atoms with Crippen molar-refractivity contribution in [2.24, 2.45) is 11.3 Å². The molecule has 0 N–H and O–H groups in total. The third kappa shape index (κ3) is 6.54. The van der Waals surface area contributed by atoms with Crippen LogP contribution in [0.15, 0.2) is 24.3 Å². The summed E-state index contributed by atoms with van der Waals surface area (Å²) in [5.74, 6) is 2.54. The molecule has 174 valence electrons. The zero-order valence-corrected chi connectivity index (χ0v) is 21.0. The monoisotopic (exact) mass is 436 g/mol. The number of hydrogen-bond acceptors (Lipinski definition) is 4. The molecular formula is C27H40N4O. The third-order valence-electron chi connectivity index (χ3n) is 6.22. The Bertz CT molecular complexity index is 922. The van der Waals surface area contributed by atoms with Crippen molar-refractivity contribution >= 4 is 11.7 Å². The molecule has 5 nitrogen and oxygen atoms in total. The number of amides is 1. The minimum absolute atomic E-state index is 0.259. The van der Waals surface area contributed by atoms with Crippen LogP contribution in [-0.4, -0.2) is 47.0 Å². The van der Waals surface area contributed by atoms with Gasteiger partial charge in [-0.3, -0.25) is 4.79 Å². The van der Waals surface area contributed by atoms with E-state index in [0.717, 1.165) is 56.4 Å². The first-order valence-electron chi connectivity index (χ1n) is 11.9. The van der Waals surface area contributed by atoms with Crippen LogP contribution < -0.4 is 4.90 Å². The van der Waals surface area contributed by atoms with Crippen LogP contribution in [0.25, 0.3) is 0 Å². The normalized spacial score (nSPS) is 15.7. The first kappa shape index (κ1) is 24.2. The van der Waals surface area contributed by atoms with Crippen LogP contribution in [-0.2, 0) is 11.2 Å². The van der Waals surface area contributed by atoms with Crippen LogP contribution in [0.2, 0.25) is 0 Å². The lowest BCUT2D eigenvalue weighted by Gasteiger charge is -2.37. The highest BCUT2D eigenvalue weighted by atomic mass is 16.2. The summed E-state index contributed by atoms with van der Waals surface area (Å²) in [6, 6.07) is 8.69. The first-order chi connectivity index (χ1) is 15.0. The highest BCUT2D eigenvalue weighted by Gasteiger charge is 2.26. The largest absolute Gasteiger partial charge is 0.353 e. The number of rotatable bonds is 6. The number of carbonyl (C=O) groups is 1. The quantitative estimate of drug-likeness (QED) is 0.632. The van der Waals surface area contributed by atoms with Gasteiger partial charge in [0.15, 0.2) is 0 Å². The van der Waals surface area contributed by atoms with Gasteiger partial charge >= 0.3 is 0 Å². The summed E-state index contributed by atoms with van der Waals surface area (Å²) in [5, 5.41) is 0. The standard InChI is InChI=1S/C27H40N4O/c1-19-8-10-23(11-9-19)17-24-21(3)28-22(4)29-26(24)31-14-12-30(13-15-31)25(32)16-20(2)18-27(5,6)7/h8-11,20H,12-18H2,1-7H3. The number of benzene rings is 1. The molecule has 0 saturated carbocycles. The molecule has 1 amide bonds. The van der Waals surface area contributed by atoms with E-state index in [9.17, 15) is 4.79 Å². The van der Waals surface area contributed by atoms with Gasteiger partial charge < -0.3 is 9.80 Å². The molecule has 1 aromatic heterocycles. The van der Waals surface area contributed by atoms with Gasteiger partial charge in [-0.05, 0) is 44.1 Å². The van der Waals surface area contributed by atoms with Gasteiger partial charge in [0.1, 0.15) is 11.6 Å². The molecule has 0 bridgehead atoms. The lowest BCUT2D eigenvalue weighted by atomic mass is 9.84. The average Bonchev–Trinajstić information content (AvgIpc) is 2.70. The van der Waals surface area contributed by atoms with E-state index in [1.54, 1.807) is 0 Å². The molecule has 1 atom stereocenters. The molecule has 5 heteroatoms. The van der Waals surface area contributed by atoms with Crippen molar-refractivity contribution in [3.05, 3.63) is 52.5 Å². The van der Waals surface area contributed by atoms with E-state index in [-0.39, 0.29) is 11.3 Å². The van der Waals surface area contributed by atoms with Gasteiger partial charge in [0.25, 0.3) is 0 Å². The Hall–Kier alpha value is -2.43. The number of piperazine rings is 1. The maximum absolute atomic E-state index is 12.9. The van der Waals surface area contributed by atoms with Crippen LogP contribution in [0.1, 0.15) is 68.7 Å². The minimum Gasteiger partial charge on any atom is -0.353 e. The second-order valence-electron chi connectivity index (χ2n) is 10.8. The minimum atomic E-state index is 0.259. The summed E-state index contributed by atoms with van der Waals surface area (Å²) in [7, 11) is 0. The van der Waals surface area contributed by atoms with Crippen LogP contribution >= 0.6 is 0 Å². The number of carbonyl (C=O) groups excluding carboxylic acids is 1. The fourth-order valence-corrected chi connectivity index (χ4v) is 4.81. The van der Waals surface area contributed by atoms with E-state index < -0.39 is 0 Å². The maximum Gasteiger partial charge on any atom is 0.222 e. The Kier molecular flexibility index (Phi) is 7.58. The van der Waals surface area contributed by atoms with Gasteiger partial charge in [0.05, 0.1) is 0 Å². The molecule has 3 rings (SSSR count). The fourth-order valence-electron chi connectivity index (χ4n) is 4.81. The van der Waals surface area contributed by atoms with Crippen LogP contribution in [0.3, 0.4) is 0 Å². The molecule has 1 aromatic carbocycles. The maximum atomic E-state index is 12.9. The van der Waals surface area contributed by atoms with E-state index >= 15 is 0 Å². The lowest BCUT2D eigenvalue weighted by molar-refractivity contribution is -0.132. The average molecular weight is 437 g/mol. The van der Waals surface area contributed by atoms with Crippen molar-refractivity contribution in [3.8, 4) is 0 Å². The smallest absolute Gasteiger partial charge is 0.222 e. The molecule has 0 radical (unpaired) electrons. The fraction of sp³-hybridized carbons (Fsp3) is 0.593. The van der Waals surface area contributed by atoms with Gasteiger partial charge in [0.2, 0.25) is 5.91 Å². The summed E-state index contributed by atoms with van der Waals surface area (Å²) in [5.41, 5.74) is 5.03. The van der Waals surface area contributed by atoms with E-state index in [1.165, 1.54) is 16.7 Å². The van der Waals surface area contributed by atoms with Gasteiger partial charge in [-0.1, -0.05) is 57.5 Å². The number of anilines is 1. The third-order valence-corrected chi connectivity index (χ3v) is 6.22. The summed E-state index contributed by atoms with van der Waals surface area (Å²) in [4.78, 5) is 26.7. The summed E-state index contributed by atoms with van der Waals surface area (Å²) < 4.78 is 0. The Labute approximate surface area is 194 Å². The highest BCUT2D eigenvalue weighted by Crippen LogP contribution is 2.28. The van der Waals surface area contributed by atoms with Gasteiger partial charge in [-0.2, -0.15) is 0 Å². The molecule has 2 aromatic rings. The predicted molar refractivity (Wildman–Crippen MR) is 132 cm³/mol. The van der Waals surface area contributed by atoms with Crippen LogP contribution in [0, 0.1) is 32.1 Å². The molecule has 0 spiro atoms. The Balaban J connectivity index is 1.68. The first-order valence-corrected chi connectivity index (χ1v) is 11.9. The summed E-state index contributed by atoms with van der Waals surface area (Å²) in [6.07, 6.45) is 2.54. The Morgan fingerprint density at radius 3 is 2.22 bits per heavy atom. The number of hydrogen-bond donors (Lipinski definition) is 0. The van der Waals surface area contributed by atoms with Crippen molar-refractivity contribution < 1.29 is 4.79 Å². The second kappa shape index (κ2) is 10.0. The topological polar surface area (TPSA) is 49.3 Å². The second-order valence-corrected chi connectivity index (χ2v) is 10.8. The van der Waals surface area contributed by atoms with Crippen molar-refractivity contribution in [1.29, 1.82) is 0 Å². The number of aromatic nitrogens is 2. The van der Waals surface area contributed by atoms with Gasteiger partial charge in [0, 0.05) is 50.3 Å². The number of aryl methyl sites for hydroxylation is 3. The Morgan fingerprint density at radius 1 is 1.00 bits per heavy atom. The van der Waals surface area contributed by atoms with Gasteiger partial charge in [-0.25, -0.2) is 9.97 Å². The van der Waals surface area contributed by atoms with Gasteiger partial charge in [-0.15, -0.1) is 0 Å². The van der Waals surface area contributed by atoms with Crippen LogP contribution in [0.5, 0.6) is 0 Å². The van der Waals surface area contributed by atoms with E-state index in [2.05, 4.69) is 75.7 Å².